The van der Waals surface area contributed by atoms with Crippen LogP contribution >= 0.6 is 0 Å². The minimum absolute atomic E-state index is 0.169. The van der Waals surface area contributed by atoms with E-state index in [2.05, 4.69) is 0 Å². The third kappa shape index (κ3) is 5.16. The largest absolute Gasteiger partial charge is 0.443 e. The molecule has 0 radical (unpaired) electrons. The lowest BCUT2D eigenvalue weighted by Crippen LogP contribution is -2.63. The first-order valence-electron chi connectivity index (χ1n) is 8.24. The summed E-state index contributed by atoms with van der Waals surface area (Å²) in [4.78, 5) is 12.4. The molecule has 146 valence electrons. The van der Waals surface area contributed by atoms with Crippen molar-refractivity contribution in [3.63, 3.8) is 0 Å². The minimum atomic E-state index is -4.15. The zero-order valence-corrected chi connectivity index (χ0v) is 15.8. The summed E-state index contributed by atoms with van der Waals surface area (Å²) in [6, 6.07) is 7.89. The van der Waals surface area contributed by atoms with E-state index in [1.165, 1.54) is 0 Å². The molecule has 1 saturated heterocycles. The van der Waals surface area contributed by atoms with Gasteiger partial charge in [0.05, 0.1) is 25.1 Å². The summed E-state index contributed by atoms with van der Waals surface area (Å²) >= 11 is 0. The van der Waals surface area contributed by atoms with Crippen LogP contribution in [0, 0.1) is 0 Å². The van der Waals surface area contributed by atoms with Crippen LogP contribution in [-0.2, 0) is 26.1 Å². The van der Waals surface area contributed by atoms with Crippen LogP contribution < -0.4 is 0 Å². The Labute approximate surface area is 153 Å². The summed E-state index contributed by atoms with van der Waals surface area (Å²) in [7, 11) is -4.15. The van der Waals surface area contributed by atoms with Crippen molar-refractivity contribution in [3.05, 3.63) is 35.9 Å². The lowest BCUT2D eigenvalue weighted by atomic mass is 10.1. The predicted octanol–water partition coefficient (Wildman–Crippen LogP) is 0.874. The van der Waals surface area contributed by atoms with Crippen molar-refractivity contribution in [2.45, 2.75) is 51.2 Å². The van der Waals surface area contributed by atoms with Gasteiger partial charge in [-0.3, -0.25) is 0 Å². The number of hydrogen-bond donors (Lipinski definition) is 2. The number of ether oxygens (including phenoxy) is 2. The second-order valence-corrected chi connectivity index (χ2v) is 9.07. The number of benzene rings is 1. The third-order valence-corrected chi connectivity index (χ3v) is 5.53. The Morgan fingerprint density at radius 3 is 2.42 bits per heavy atom. The summed E-state index contributed by atoms with van der Waals surface area (Å²) in [5, 5.41) is 20.1. The first-order valence-corrected chi connectivity index (χ1v) is 9.85. The highest BCUT2D eigenvalue weighted by Gasteiger charge is 2.49. The maximum absolute atomic E-state index is 12.4. The van der Waals surface area contributed by atoms with E-state index in [1.807, 2.05) is 30.3 Å². The van der Waals surface area contributed by atoms with Gasteiger partial charge in [0, 0.05) is 0 Å². The molecule has 2 N–H and O–H groups in total. The van der Waals surface area contributed by atoms with E-state index < -0.39 is 45.7 Å². The average molecular weight is 387 g/mol. The van der Waals surface area contributed by atoms with E-state index in [0.29, 0.717) is 4.31 Å². The van der Waals surface area contributed by atoms with Gasteiger partial charge in [-0.15, -0.1) is 0 Å². The van der Waals surface area contributed by atoms with Gasteiger partial charge in [-0.1, -0.05) is 30.3 Å². The van der Waals surface area contributed by atoms with Crippen LogP contribution in [0.25, 0.3) is 0 Å². The molecule has 1 fully saturated rings. The Kier molecular flexibility index (Phi) is 6.28. The van der Waals surface area contributed by atoms with Crippen LogP contribution in [0.1, 0.15) is 26.3 Å². The Morgan fingerprint density at radius 1 is 1.23 bits per heavy atom. The number of hydrogen-bond acceptors (Lipinski definition) is 7. The molecule has 0 aliphatic carbocycles. The second-order valence-electron chi connectivity index (χ2n) is 7.18. The number of sulfonamides is 1. The Balaban J connectivity index is 2.17. The molecule has 1 aliphatic heterocycles. The van der Waals surface area contributed by atoms with E-state index in [1.54, 1.807) is 20.8 Å². The van der Waals surface area contributed by atoms with Gasteiger partial charge in [0.15, 0.2) is 0 Å². The molecule has 0 spiro atoms. The number of amides is 1. The van der Waals surface area contributed by atoms with Gasteiger partial charge in [-0.2, -0.15) is 4.31 Å². The normalized spacial score (nSPS) is 25.7. The zero-order chi connectivity index (χ0) is 19.5. The summed E-state index contributed by atoms with van der Waals surface area (Å²) < 4.78 is 35.9. The molecule has 0 saturated carbocycles. The molecule has 26 heavy (non-hydrogen) atoms. The van der Waals surface area contributed by atoms with E-state index in [4.69, 9.17) is 9.47 Å². The van der Waals surface area contributed by atoms with Crippen LogP contribution in [0.15, 0.2) is 30.3 Å². The maximum Gasteiger partial charge on any atom is 0.424 e. The van der Waals surface area contributed by atoms with E-state index in [-0.39, 0.29) is 13.2 Å². The highest BCUT2D eigenvalue weighted by Crippen LogP contribution is 2.25. The maximum atomic E-state index is 12.4. The molecule has 8 nitrogen and oxygen atoms in total. The fourth-order valence-corrected chi connectivity index (χ4v) is 4.24. The highest BCUT2D eigenvalue weighted by molar-refractivity contribution is 7.89. The van der Waals surface area contributed by atoms with Gasteiger partial charge in [0.2, 0.25) is 10.0 Å². The summed E-state index contributed by atoms with van der Waals surface area (Å²) in [5.41, 5.74) is -0.0618. The fraction of sp³-hybridized carbons (Fsp3) is 0.588. The smallest absolute Gasteiger partial charge is 0.424 e. The fourth-order valence-electron chi connectivity index (χ4n) is 2.59. The van der Waals surface area contributed by atoms with E-state index >= 15 is 0 Å². The Hall–Kier alpha value is -1.68. The molecule has 0 unspecified atom stereocenters. The van der Waals surface area contributed by atoms with Crippen LogP contribution in [0.4, 0.5) is 4.79 Å². The lowest BCUT2D eigenvalue weighted by molar-refractivity contribution is -0.0560. The Morgan fingerprint density at radius 2 is 1.85 bits per heavy atom. The van der Waals surface area contributed by atoms with Crippen LogP contribution in [0.2, 0.25) is 0 Å². The summed E-state index contributed by atoms with van der Waals surface area (Å²) in [5.74, 6) is -0.761. The number of nitrogens with zero attached hydrogens (tertiary/aromatic N) is 1. The van der Waals surface area contributed by atoms with Gasteiger partial charge in [0.25, 0.3) is 0 Å². The van der Waals surface area contributed by atoms with Crippen molar-refractivity contribution in [3.8, 4) is 0 Å². The number of aliphatic hydroxyl groups is 2. The SMILES string of the molecule is CC(C)(C)OC(=O)N1[C@H](COCc2ccccc2)[C@@H](O)[C@H](O)CS1(=O)=O. The molecular formula is C17H25NO7S. The molecule has 1 amide bonds. The second kappa shape index (κ2) is 7.91. The standard InChI is InChI=1S/C17H25NO7S/c1-17(2,3)25-16(21)18-13(15(20)14(19)11-26(18,22)23)10-24-9-12-7-5-4-6-8-12/h4-8,13-15,19-20H,9-11H2,1-3H3/t13-,14-,15-/m1/s1. The lowest BCUT2D eigenvalue weighted by Gasteiger charge is -2.40. The van der Waals surface area contributed by atoms with E-state index in [0.717, 1.165) is 5.56 Å². The molecular weight excluding hydrogens is 362 g/mol. The van der Waals surface area contributed by atoms with Gasteiger partial charge in [-0.05, 0) is 26.3 Å². The molecule has 1 aromatic carbocycles. The summed E-state index contributed by atoms with van der Waals surface area (Å²) in [6.07, 6.45) is -4.08. The molecule has 2 rings (SSSR count). The molecule has 9 heteroatoms. The molecule has 1 aromatic rings. The Bertz CT molecular complexity index is 714. The monoisotopic (exact) mass is 387 g/mol. The minimum Gasteiger partial charge on any atom is -0.443 e. The van der Waals surface area contributed by atoms with Crippen molar-refractivity contribution in [1.29, 1.82) is 0 Å². The van der Waals surface area contributed by atoms with Crippen molar-refractivity contribution >= 4 is 16.1 Å². The molecule has 3 atom stereocenters. The van der Waals surface area contributed by atoms with Crippen molar-refractivity contribution in [2.24, 2.45) is 0 Å². The number of rotatable bonds is 4. The van der Waals surface area contributed by atoms with Crippen molar-refractivity contribution < 1.29 is 32.9 Å². The molecule has 1 aliphatic rings. The van der Waals surface area contributed by atoms with Crippen LogP contribution in [-0.4, -0.2) is 65.2 Å². The summed E-state index contributed by atoms with van der Waals surface area (Å²) in [6.45, 7) is 4.71. The van der Waals surface area contributed by atoms with Crippen LogP contribution in [0.5, 0.6) is 0 Å². The third-order valence-electron chi connectivity index (χ3n) is 3.74. The van der Waals surface area contributed by atoms with Crippen molar-refractivity contribution in [1.82, 2.24) is 4.31 Å². The quantitative estimate of drug-likeness (QED) is 0.788. The number of carbonyl (C=O) groups is 1. The van der Waals surface area contributed by atoms with Gasteiger partial charge < -0.3 is 19.7 Å². The molecule has 1 heterocycles. The highest BCUT2D eigenvalue weighted by atomic mass is 32.2. The number of aliphatic hydroxyl groups excluding tert-OH is 2. The van der Waals surface area contributed by atoms with Gasteiger partial charge in [-0.25, -0.2) is 13.2 Å². The first-order chi connectivity index (χ1) is 12.0. The average Bonchev–Trinajstić information content (AvgIpc) is 2.50. The van der Waals surface area contributed by atoms with Crippen LogP contribution in [0.3, 0.4) is 0 Å². The first kappa shape index (κ1) is 20.6. The predicted molar refractivity (Wildman–Crippen MR) is 93.8 cm³/mol. The zero-order valence-electron chi connectivity index (χ0n) is 15.0. The van der Waals surface area contributed by atoms with E-state index in [9.17, 15) is 23.4 Å². The topological polar surface area (TPSA) is 113 Å². The van der Waals surface area contributed by atoms with Gasteiger partial charge >= 0.3 is 6.09 Å². The van der Waals surface area contributed by atoms with Crippen molar-refractivity contribution in [2.75, 3.05) is 12.4 Å². The molecule has 0 bridgehead atoms. The van der Waals surface area contributed by atoms with Gasteiger partial charge in [0.1, 0.15) is 17.7 Å². The number of carbonyl (C=O) groups excluding carboxylic acids is 1. The molecule has 0 aromatic heterocycles.